The fourth-order valence-electron chi connectivity index (χ4n) is 3.48. The van der Waals surface area contributed by atoms with Crippen molar-refractivity contribution in [2.75, 3.05) is 5.32 Å². The number of nitrogens with zero attached hydrogens (tertiary/aromatic N) is 1. The van der Waals surface area contributed by atoms with Gasteiger partial charge in [-0.1, -0.05) is 24.3 Å². The molecule has 4 rings (SSSR count). The largest absolute Gasteiger partial charge is 0.375 e. The molecule has 2 aliphatic rings. The van der Waals surface area contributed by atoms with Gasteiger partial charge in [0, 0.05) is 18.3 Å². The van der Waals surface area contributed by atoms with Crippen LogP contribution in [0, 0.1) is 11.7 Å². The van der Waals surface area contributed by atoms with E-state index in [4.69, 9.17) is 0 Å². The first-order valence-corrected chi connectivity index (χ1v) is 6.96. The van der Waals surface area contributed by atoms with E-state index in [1.807, 2.05) is 18.2 Å². The van der Waals surface area contributed by atoms with Crippen LogP contribution in [0.1, 0.15) is 29.5 Å². The van der Waals surface area contributed by atoms with Crippen molar-refractivity contribution < 1.29 is 4.39 Å². The molecule has 0 unspecified atom stereocenters. The van der Waals surface area contributed by atoms with Crippen LogP contribution >= 0.6 is 0 Å². The van der Waals surface area contributed by atoms with Crippen molar-refractivity contribution in [3.05, 3.63) is 71.8 Å². The molecule has 1 aliphatic heterocycles. The van der Waals surface area contributed by atoms with Crippen molar-refractivity contribution in [1.29, 1.82) is 0 Å². The maximum absolute atomic E-state index is 14.1. The standard InChI is InChI=1S/C17H15FN2/c18-15-6-2-5-14-12-3-1-4-13(12)16(20-17(14)15)11-7-9-19-10-8-11/h1-3,5-10,12-13,16,20H,4H2/t12-,13+,16+/m1/s1. The second-order valence-corrected chi connectivity index (χ2v) is 5.46. The van der Waals surface area contributed by atoms with Gasteiger partial charge >= 0.3 is 0 Å². The molecule has 0 bridgehead atoms. The summed E-state index contributed by atoms with van der Waals surface area (Å²) < 4.78 is 14.1. The molecule has 0 saturated heterocycles. The zero-order valence-electron chi connectivity index (χ0n) is 11.0. The van der Waals surface area contributed by atoms with Crippen LogP contribution in [0.4, 0.5) is 10.1 Å². The van der Waals surface area contributed by atoms with Crippen LogP contribution in [0.2, 0.25) is 0 Å². The van der Waals surface area contributed by atoms with E-state index < -0.39 is 0 Å². The molecule has 0 spiro atoms. The zero-order chi connectivity index (χ0) is 13.5. The average molecular weight is 266 g/mol. The predicted molar refractivity (Wildman–Crippen MR) is 77.0 cm³/mol. The molecule has 1 aromatic heterocycles. The van der Waals surface area contributed by atoms with Crippen molar-refractivity contribution in [3.8, 4) is 0 Å². The second kappa shape index (κ2) is 4.44. The number of benzene rings is 1. The van der Waals surface area contributed by atoms with E-state index >= 15 is 0 Å². The number of fused-ring (bicyclic) bond motifs is 3. The lowest BCUT2D eigenvalue weighted by atomic mass is 9.77. The molecule has 100 valence electrons. The van der Waals surface area contributed by atoms with E-state index in [0.29, 0.717) is 17.5 Å². The first-order valence-electron chi connectivity index (χ1n) is 6.96. The Balaban J connectivity index is 1.83. The van der Waals surface area contributed by atoms with Gasteiger partial charge in [0.05, 0.1) is 11.7 Å². The first kappa shape index (κ1) is 11.6. The van der Waals surface area contributed by atoms with Gasteiger partial charge in [-0.15, -0.1) is 0 Å². The van der Waals surface area contributed by atoms with E-state index in [1.165, 1.54) is 11.6 Å². The number of para-hydroxylation sites is 1. The van der Waals surface area contributed by atoms with Gasteiger partial charge in [0.15, 0.2) is 0 Å². The topological polar surface area (TPSA) is 24.9 Å². The van der Waals surface area contributed by atoms with Crippen molar-refractivity contribution in [3.63, 3.8) is 0 Å². The summed E-state index contributed by atoms with van der Waals surface area (Å²) in [6.07, 6.45) is 9.06. The Morgan fingerprint density at radius 3 is 2.85 bits per heavy atom. The normalized spacial score (nSPS) is 26.8. The van der Waals surface area contributed by atoms with Gasteiger partial charge in [0.1, 0.15) is 5.82 Å². The van der Waals surface area contributed by atoms with Crippen LogP contribution in [0.25, 0.3) is 0 Å². The van der Waals surface area contributed by atoms with Gasteiger partial charge in [0.2, 0.25) is 0 Å². The van der Waals surface area contributed by atoms with Crippen molar-refractivity contribution >= 4 is 5.69 Å². The molecule has 0 amide bonds. The van der Waals surface area contributed by atoms with Gasteiger partial charge < -0.3 is 5.32 Å². The van der Waals surface area contributed by atoms with E-state index in [2.05, 4.69) is 22.5 Å². The summed E-state index contributed by atoms with van der Waals surface area (Å²) in [5, 5.41) is 3.41. The van der Waals surface area contributed by atoms with Crippen LogP contribution in [0.3, 0.4) is 0 Å². The molecule has 2 nitrogen and oxygen atoms in total. The highest BCUT2D eigenvalue weighted by Crippen LogP contribution is 2.50. The molecule has 1 aromatic carbocycles. The monoisotopic (exact) mass is 266 g/mol. The second-order valence-electron chi connectivity index (χ2n) is 5.46. The Morgan fingerprint density at radius 1 is 1.15 bits per heavy atom. The summed E-state index contributed by atoms with van der Waals surface area (Å²) in [7, 11) is 0. The Bertz CT molecular complexity index is 666. The van der Waals surface area contributed by atoms with Crippen molar-refractivity contribution in [2.45, 2.75) is 18.4 Å². The number of aromatic nitrogens is 1. The predicted octanol–water partition coefficient (Wildman–Crippen LogP) is 4.05. The summed E-state index contributed by atoms with van der Waals surface area (Å²) in [5.41, 5.74) is 2.91. The molecule has 20 heavy (non-hydrogen) atoms. The van der Waals surface area contributed by atoms with Crippen molar-refractivity contribution in [2.24, 2.45) is 5.92 Å². The number of rotatable bonds is 1. The first-order chi connectivity index (χ1) is 9.84. The Morgan fingerprint density at radius 2 is 2.00 bits per heavy atom. The van der Waals surface area contributed by atoms with Gasteiger partial charge in [-0.25, -0.2) is 4.39 Å². The number of pyridine rings is 1. The van der Waals surface area contributed by atoms with Crippen LogP contribution in [0.5, 0.6) is 0 Å². The lowest BCUT2D eigenvalue weighted by Gasteiger charge is -2.37. The smallest absolute Gasteiger partial charge is 0.146 e. The molecule has 1 aliphatic carbocycles. The highest BCUT2D eigenvalue weighted by molar-refractivity contribution is 5.60. The minimum atomic E-state index is -0.166. The molecule has 2 heterocycles. The van der Waals surface area contributed by atoms with E-state index in [0.717, 1.165) is 12.0 Å². The lowest BCUT2D eigenvalue weighted by Crippen LogP contribution is -2.29. The molecule has 0 radical (unpaired) electrons. The molecular weight excluding hydrogens is 251 g/mol. The molecule has 3 atom stereocenters. The minimum absolute atomic E-state index is 0.141. The zero-order valence-corrected chi connectivity index (χ0v) is 11.0. The maximum atomic E-state index is 14.1. The van der Waals surface area contributed by atoms with Crippen LogP contribution in [0.15, 0.2) is 54.9 Å². The summed E-state index contributed by atoms with van der Waals surface area (Å²) in [5.74, 6) is 0.590. The van der Waals surface area contributed by atoms with Crippen LogP contribution in [-0.2, 0) is 0 Å². The summed E-state index contributed by atoms with van der Waals surface area (Å²) in [6, 6.07) is 9.52. The minimum Gasteiger partial charge on any atom is -0.375 e. The molecule has 1 N–H and O–H groups in total. The van der Waals surface area contributed by atoms with Gasteiger partial charge in [-0.3, -0.25) is 4.98 Å². The third kappa shape index (κ3) is 1.66. The maximum Gasteiger partial charge on any atom is 0.146 e. The fraction of sp³-hybridized carbons (Fsp3) is 0.235. The number of nitrogens with one attached hydrogen (secondary N) is 1. The number of anilines is 1. The van der Waals surface area contributed by atoms with E-state index in [9.17, 15) is 4.39 Å². The van der Waals surface area contributed by atoms with Gasteiger partial charge in [0.25, 0.3) is 0 Å². The van der Waals surface area contributed by atoms with Gasteiger partial charge in [-0.2, -0.15) is 0 Å². The summed E-state index contributed by atoms with van der Waals surface area (Å²) >= 11 is 0. The fourth-order valence-corrected chi connectivity index (χ4v) is 3.48. The highest BCUT2D eigenvalue weighted by Gasteiger charge is 2.38. The summed E-state index contributed by atoms with van der Waals surface area (Å²) in [6.45, 7) is 0. The van der Waals surface area contributed by atoms with Crippen LogP contribution in [-0.4, -0.2) is 4.98 Å². The lowest BCUT2D eigenvalue weighted by molar-refractivity contribution is 0.420. The van der Waals surface area contributed by atoms with E-state index in [-0.39, 0.29) is 11.9 Å². The molecule has 0 fully saturated rings. The number of allylic oxidation sites excluding steroid dienone is 2. The Kier molecular flexibility index (Phi) is 2.59. The van der Waals surface area contributed by atoms with Gasteiger partial charge in [-0.05, 0) is 41.7 Å². The SMILES string of the molecule is Fc1cccc2c1N[C@@H](c1ccncc1)[C@H]1CC=C[C@@H]21. The molecular formula is C17H15FN2. The third-order valence-corrected chi connectivity index (χ3v) is 4.41. The molecule has 3 heteroatoms. The third-order valence-electron chi connectivity index (χ3n) is 4.41. The number of hydrogen-bond acceptors (Lipinski definition) is 2. The van der Waals surface area contributed by atoms with E-state index in [1.54, 1.807) is 18.5 Å². The Labute approximate surface area is 117 Å². The number of halogens is 1. The molecule has 0 saturated carbocycles. The molecule has 2 aromatic rings. The van der Waals surface area contributed by atoms with Crippen LogP contribution < -0.4 is 5.32 Å². The van der Waals surface area contributed by atoms with Crippen molar-refractivity contribution in [1.82, 2.24) is 4.98 Å². The quantitative estimate of drug-likeness (QED) is 0.788. The Hall–Kier alpha value is -2.16. The highest BCUT2D eigenvalue weighted by atomic mass is 19.1. The average Bonchev–Trinajstić information content (AvgIpc) is 2.97. The summed E-state index contributed by atoms with van der Waals surface area (Å²) in [4.78, 5) is 4.07. The number of hydrogen-bond donors (Lipinski definition) is 1.